The zero-order valence-corrected chi connectivity index (χ0v) is 11.6. The van der Waals surface area contributed by atoms with Crippen LogP contribution < -0.4 is 0 Å². The quantitative estimate of drug-likeness (QED) is 0.754. The maximum absolute atomic E-state index is 14.1. The van der Waals surface area contributed by atoms with Gasteiger partial charge in [-0.05, 0) is 44.7 Å². The minimum atomic E-state index is -0.842. The molecule has 1 aliphatic carbocycles. The van der Waals surface area contributed by atoms with Crippen LogP contribution in [0.1, 0.15) is 43.9 Å². The molecule has 1 saturated carbocycles. The molecule has 19 heavy (non-hydrogen) atoms. The molecule has 0 bridgehead atoms. The standard InChI is InChI=1S/C14H15ClF2N2/c1-7(15)14-18-11-6-5-10(16)12(17)13(11)19(14)8(2)9-3-4-9/h5-9H,3-4H2,1-2H3. The van der Waals surface area contributed by atoms with Crippen LogP contribution in [0.5, 0.6) is 0 Å². The molecule has 1 aromatic heterocycles. The molecule has 0 N–H and O–H groups in total. The van der Waals surface area contributed by atoms with E-state index in [1.165, 1.54) is 6.07 Å². The van der Waals surface area contributed by atoms with Crippen LogP contribution in [0.25, 0.3) is 11.0 Å². The predicted octanol–water partition coefficient (Wildman–Crippen LogP) is 4.59. The van der Waals surface area contributed by atoms with E-state index < -0.39 is 11.6 Å². The van der Waals surface area contributed by atoms with E-state index in [9.17, 15) is 8.78 Å². The van der Waals surface area contributed by atoms with Gasteiger partial charge in [0.2, 0.25) is 0 Å². The van der Waals surface area contributed by atoms with Crippen LogP contribution in [0.3, 0.4) is 0 Å². The zero-order valence-electron chi connectivity index (χ0n) is 10.8. The van der Waals surface area contributed by atoms with Crippen LogP contribution in [0.15, 0.2) is 12.1 Å². The van der Waals surface area contributed by atoms with Crippen molar-refractivity contribution in [1.82, 2.24) is 9.55 Å². The second kappa shape index (κ2) is 4.44. The lowest BCUT2D eigenvalue weighted by molar-refractivity contribution is 0.463. The molecule has 1 aliphatic rings. The number of benzene rings is 1. The molecule has 0 spiro atoms. The molecule has 0 saturated heterocycles. The van der Waals surface area contributed by atoms with E-state index in [1.807, 2.05) is 6.92 Å². The maximum atomic E-state index is 14.1. The molecule has 2 nitrogen and oxygen atoms in total. The summed E-state index contributed by atoms with van der Waals surface area (Å²) in [5.74, 6) is -0.554. The van der Waals surface area contributed by atoms with E-state index in [1.54, 1.807) is 11.5 Å². The summed E-state index contributed by atoms with van der Waals surface area (Å²) in [6.07, 6.45) is 2.24. The smallest absolute Gasteiger partial charge is 0.184 e. The van der Waals surface area contributed by atoms with Crippen molar-refractivity contribution in [2.24, 2.45) is 5.92 Å². The van der Waals surface area contributed by atoms with Gasteiger partial charge < -0.3 is 4.57 Å². The molecule has 2 atom stereocenters. The predicted molar refractivity (Wildman–Crippen MR) is 71.4 cm³/mol. The van der Waals surface area contributed by atoms with E-state index >= 15 is 0 Å². The van der Waals surface area contributed by atoms with Gasteiger partial charge in [-0.1, -0.05) is 0 Å². The highest BCUT2D eigenvalue weighted by atomic mass is 35.5. The van der Waals surface area contributed by atoms with E-state index in [-0.39, 0.29) is 16.9 Å². The molecule has 5 heteroatoms. The maximum Gasteiger partial charge on any atom is 0.184 e. The van der Waals surface area contributed by atoms with E-state index in [0.717, 1.165) is 18.9 Å². The van der Waals surface area contributed by atoms with Crippen molar-refractivity contribution in [3.05, 3.63) is 29.6 Å². The topological polar surface area (TPSA) is 17.8 Å². The molecule has 1 heterocycles. The van der Waals surface area contributed by atoms with Crippen molar-refractivity contribution in [3.63, 3.8) is 0 Å². The number of rotatable bonds is 3. The van der Waals surface area contributed by atoms with E-state index in [2.05, 4.69) is 4.98 Å². The number of fused-ring (bicyclic) bond motifs is 1. The molecular formula is C14H15ClF2N2. The summed E-state index contributed by atoms with van der Waals surface area (Å²) in [4.78, 5) is 4.37. The summed E-state index contributed by atoms with van der Waals surface area (Å²) in [6.45, 7) is 3.82. The summed E-state index contributed by atoms with van der Waals surface area (Å²) in [5.41, 5.74) is 0.704. The largest absolute Gasteiger partial charge is 0.321 e. The van der Waals surface area contributed by atoms with Crippen LogP contribution in [-0.4, -0.2) is 9.55 Å². The summed E-state index contributed by atoms with van der Waals surface area (Å²) >= 11 is 6.14. The van der Waals surface area contributed by atoms with Crippen molar-refractivity contribution in [2.45, 2.75) is 38.1 Å². The van der Waals surface area contributed by atoms with Crippen molar-refractivity contribution in [2.75, 3.05) is 0 Å². The van der Waals surface area contributed by atoms with Crippen LogP contribution in [0.4, 0.5) is 8.78 Å². The van der Waals surface area contributed by atoms with Gasteiger partial charge >= 0.3 is 0 Å². The molecular weight excluding hydrogens is 270 g/mol. The third-order valence-corrected chi connectivity index (χ3v) is 4.03. The highest BCUT2D eigenvalue weighted by molar-refractivity contribution is 6.20. The average molecular weight is 285 g/mol. The van der Waals surface area contributed by atoms with Gasteiger partial charge in [0.25, 0.3) is 0 Å². The average Bonchev–Trinajstić information content (AvgIpc) is 3.13. The Bertz CT molecular complexity index is 632. The number of hydrogen-bond acceptors (Lipinski definition) is 1. The van der Waals surface area contributed by atoms with Gasteiger partial charge in [0.05, 0.1) is 10.9 Å². The van der Waals surface area contributed by atoms with Gasteiger partial charge in [0.15, 0.2) is 11.6 Å². The minimum absolute atomic E-state index is 0.0949. The fourth-order valence-corrected chi connectivity index (χ4v) is 2.78. The van der Waals surface area contributed by atoms with E-state index in [4.69, 9.17) is 11.6 Å². The monoisotopic (exact) mass is 284 g/mol. The van der Waals surface area contributed by atoms with Gasteiger partial charge in [-0.2, -0.15) is 0 Å². The molecule has 1 fully saturated rings. The lowest BCUT2D eigenvalue weighted by atomic mass is 10.2. The summed E-state index contributed by atoms with van der Waals surface area (Å²) < 4.78 is 29.4. The van der Waals surface area contributed by atoms with Gasteiger partial charge in [0.1, 0.15) is 11.3 Å². The second-order valence-corrected chi connectivity index (χ2v) is 5.92. The number of halogens is 3. The molecule has 2 aromatic rings. The molecule has 2 unspecified atom stereocenters. The normalized spacial score (nSPS) is 18.8. The summed E-state index contributed by atoms with van der Waals surface area (Å²) in [5, 5.41) is -0.337. The van der Waals surface area contributed by atoms with Crippen LogP contribution in [0, 0.1) is 17.6 Å². The van der Waals surface area contributed by atoms with Gasteiger partial charge in [-0.25, -0.2) is 13.8 Å². The van der Waals surface area contributed by atoms with Crippen molar-refractivity contribution >= 4 is 22.6 Å². The molecule has 102 valence electrons. The Kier molecular flexibility index (Phi) is 3.01. The number of alkyl halides is 1. The Hall–Kier alpha value is -1.16. The fraction of sp³-hybridized carbons (Fsp3) is 0.500. The Morgan fingerprint density at radius 1 is 1.32 bits per heavy atom. The highest BCUT2D eigenvalue weighted by Gasteiger charge is 2.33. The fourth-order valence-electron chi connectivity index (χ4n) is 2.62. The number of hydrogen-bond donors (Lipinski definition) is 0. The molecule has 3 rings (SSSR count). The third-order valence-electron chi connectivity index (χ3n) is 3.84. The second-order valence-electron chi connectivity index (χ2n) is 5.26. The lowest BCUT2D eigenvalue weighted by Crippen LogP contribution is -2.12. The summed E-state index contributed by atoms with van der Waals surface area (Å²) in [6, 6.07) is 2.71. The van der Waals surface area contributed by atoms with Crippen LogP contribution >= 0.6 is 11.6 Å². The third kappa shape index (κ3) is 2.02. The first-order chi connectivity index (χ1) is 9.00. The highest BCUT2D eigenvalue weighted by Crippen LogP contribution is 2.43. The van der Waals surface area contributed by atoms with Crippen LogP contribution in [-0.2, 0) is 0 Å². The minimum Gasteiger partial charge on any atom is -0.321 e. The van der Waals surface area contributed by atoms with Crippen LogP contribution in [0.2, 0.25) is 0 Å². The van der Waals surface area contributed by atoms with Gasteiger partial charge in [-0.3, -0.25) is 0 Å². The van der Waals surface area contributed by atoms with Crippen molar-refractivity contribution < 1.29 is 8.78 Å². The molecule has 0 amide bonds. The Morgan fingerprint density at radius 2 is 2.00 bits per heavy atom. The van der Waals surface area contributed by atoms with Gasteiger partial charge in [-0.15, -0.1) is 11.6 Å². The molecule has 0 radical (unpaired) electrons. The van der Waals surface area contributed by atoms with Crippen molar-refractivity contribution in [3.8, 4) is 0 Å². The summed E-state index contributed by atoms with van der Waals surface area (Å²) in [7, 11) is 0. The first-order valence-corrected chi connectivity index (χ1v) is 6.94. The molecule has 0 aliphatic heterocycles. The number of aromatic nitrogens is 2. The lowest BCUT2D eigenvalue weighted by Gasteiger charge is -2.18. The molecule has 1 aromatic carbocycles. The Labute approximate surface area is 115 Å². The number of nitrogens with zero attached hydrogens (tertiary/aromatic N) is 2. The first-order valence-electron chi connectivity index (χ1n) is 6.50. The SMILES string of the molecule is CC(Cl)c1nc2ccc(F)c(F)c2n1C(C)C1CC1. The van der Waals surface area contributed by atoms with E-state index in [0.29, 0.717) is 17.3 Å². The van der Waals surface area contributed by atoms with Gasteiger partial charge in [0, 0.05) is 6.04 Å². The Balaban J connectivity index is 2.29. The Morgan fingerprint density at radius 3 is 2.58 bits per heavy atom. The zero-order chi connectivity index (χ0) is 13.7. The number of imidazole rings is 1. The van der Waals surface area contributed by atoms with Crippen molar-refractivity contribution in [1.29, 1.82) is 0 Å². The first kappa shape index (κ1) is 12.9.